The summed E-state index contributed by atoms with van der Waals surface area (Å²) in [4.78, 5) is 23.3. The standard InChI is InChI=1S/C25H30N8O4/c1-25(2,3)37-24(34)30-17-5-4-16(20-21(17)36-14-35-20)19-18-22(27)28-13-29-23(18)33(31-19)11-10-32-8-6-15(12-26)7-9-32/h4-5,13,15H,6-11,14H2,1-3H3,(H,30,34)(H2,27,28,29). The average Bonchev–Trinajstić information content (AvgIpc) is 3.49. The van der Waals surface area contributed by atoms with Gasteiger partial charge in [0.05, 0.1) is 23.7 Å². The van der Waals surface area contributed by atoms with Gasteiger partial charge in [-0.2, -0.15) is 10.4 Å². The number of carbonyl (C=O) groups is 1. The molecule has 194 valence electrons. The second kappa shape index (κ2) is 9.74. The predicted octanol–water partition coefficient (Wildman–Crippen LogP) is 3.39. The summed E-state index contributed by atoms with van der Waals surface area (Å²) in [5, 5.41) is 17.4. The first-order valence-corrected chi connectivity index (χ1v) is 12.3. The smallest absolute Gasteiger partial charge is 0.412 e. The molecule has 12 nitrogen and oxygen atoms in total. The Morgan fingerprint density at radius 3 is 2.70 bits per heavy atom. The minimum atomic E-state index is -0.639. The lowest BCUT2D eigenvalue weighted by molar-refractivity contribution is 0.0635. The van der Waals surface area contributed by atoms with E-state index in [-0.39, 0.29) is 12.7 Å². The lowest BCUT2D eigenvalue weighted by Gasteiger charge is -2.28. The van der Waals surface area contributed by atoms with Crippen molar-refractivity contribution in [1.29, 1.82) is 5.26 Å². The van der Waals surface area contributed by atoms with Crippen LogP contribution in [0.5, 0.6) is 11.5 Å². The van der Waals surface area contributed by atoms with E-state index in [1.807, 2.05) is 4.68 Å². The molecule has 2 aliphatic heterocycles. The molecule has 4 heterocycles. The second-order valence-electron chi connectivity index (χ2n) is 10.1. The van der Waals surface area contributed by atoms with Crippen molar-refractivity contribution in [2.45, 2.75) is 45.8 Å². The van der Waals surface area contributed by atoms with Crippen LogP contribution in [0.3, 0.4) is 0 Å². The summed E-state index contributed by atoms with van der Waals surface area (Å²) in [6, 6.07) is 5.88. The average molecular weight is 507 g/mol. The lowest BCUT2D eigenvalue weighted by Crippen LogP contribution is -2.35. The van der Waals surface area contributed by atoms with Crippen molar-refractivity contribution in [3.8, 4) is 28.8 Å². The van der Waals surface area contributed by atoms with Gasteiger partial charge in [-0.1, -0.05) is 0 Å². The molecule has 5 rings (SSSR count). The lowest BCUT2D eigenvalue weighted by atomic mass is 9.99. The number of carbonyl (C=O) groups excluding carboxylic acids is 1. The van der Waals surface area contributed by atoms with Crippen LogP contribution in [0.15, 0.2) is 18.5 Å². The molecule has 0 aliphatic carbocycles. The van der Waals surface area contributed by atoms with Gasteiger partial charge in [0.2, 0.25) is 6.79 Å². The molecule has 1 amide bonds. The number of nitriles is 1. The van der Waals surface area contributed by atoms with Gasteiger partial charge in [-0.3, -0.25) is 5.32 Å². The van der Waals surface area contributed by atoms with Gasteiger partial charge in [0, 0.05) is 18.0 Å². The molecule has 2 aromatic heterocycles. The van der Waals surface area contributed by atoms with Gasteiger partial charge in [0.15, 0.2) is 17.1 Å². The molecule has 1 fully saturated rings. The van der Waals surface area contributed by atoms with E-state index in [0.29, 0.717) is 51.8 Å². The molecule has 3 N–H and O–H groups in total. The van der Waals surface area contributed by atoms with E-state index < -0.39 is 11.7 Å². The monoisotopic (exact) mass is 506 g/mol. The van der Waals surface area contributed by atoms with Crippen molar-refractivity contribution >= 4 is 28.6 Å². The van der Waals surface area contributed by atoms with E-state index in [9.17, 15) is 4.79 Å². The van der Waals surface area contributed by atoms with Gasteiger partial charge >= 0.3 is 6.09 Å². The first-order chi connectivity index (χ1) is 17.7. The number of piperidine rings is 1. The van der Waals surface area contributed by atoms with E-state index in [1.165, 1.54) is 6.33 Å². The highest BCUT2D eigenvalue weighted by molar-refractivity contribution is 6.01. The fourth-order valence-corrected chi connectivity index (χ4v) is 4.59. The number of rotatable bonds is 5. The SMILES string of the molecule is CC(C)(C)OC(=O)Nc1ccc(-c2nn(CCN3CCC(C#N)CC3)c3ncnc(N)c23)c2c1OCO2. The van der Waals surface area contributed by atoms with Gasteiger partial charge in [0.1, 0.15) is 23.4 Å². The van der Waals surface area contributed by atoms with Crippen molar-refractivity contribution in [3.63, 3.8) is 0 Å². The number of ether oxygens (including phenoxy) is 3. The number of benzene rings is 1. The topological polar surface area (TPSA) is 153 Å². The van der Waals surface area contributed by atoms with Gasteiger partial charge < -0.3 is 24.8 Å². The summed E-state index contributed by atoms with van der Waals surface area (Å²) in [7, 11) is 0. The maximum Gasteiger partial charge on any atom is 0.412 e. The molecule has 37 heavy (non-hydrogen) atoms. The number of hydrogen-bond donors (Lipinski definition) is 2. The van der Waals surface area contributed by atoms with Gasteiger partial charge in [-0.25, -0.2) is 19.4 Å². The van der Waals surface area contributed by atoms with Crippen LogP contribution in [0.4, 0.5) is 16.3 Å². The van der Waals surface area contributed by atoms with Crippen molar-refractivity contribution in [3.05, 3.63) is 18.5 Å². The van der Waals surface area contributed by atoms with Gasteiger partial charge in [0.25, 0.3) is 0 Å². The number of aromatic nitrogens is 4. The Bertz CT molecular complexity index is 1370. The first kappa shape index (κ1) is 24.6. The van der Waals surface area contributed by atoms with Crippen LogP contribution in [0.25, 0.3) is 22.3 Å². The number of nitrogens with one attached hydrogen (secondary N) is 1. The third-order valence-electron chi connectivity index (χ3n) is 6.37. The summed E-state index contributed by atoms with van der Waals surface area (Å²) < 4.78 is 18.7. The van der Waals surface area contributed by atoms with Crippen molar-refractivity contribution in [2.24, 2.45) is 5.92 Å². The highest BCUT2D eigenvalue weighted by Crippen LogP contribution is 2.47. The fraction of sp³-hybridized carbons (Fsp3) is 0.480. The normalized spacial score (nSPS) is 16.1. The molecule has 0 unspecified atom stereocenters. The summed E-state index contributed by atoms with van der Waals surface area (Å²) in [5.74, 6) is 1.28. The van der Waals surface area contributed by atoms with Crippen LogP contribution in [0.2, 0.25) is 0 Å². The van der Waals surface area contributed by atoms with Crippen LogP contribution < -0.4 is 20.5 Å². The number of likely N-dealkylation sites (tertiary alicyclic amines) is 1. The Hall–Kier alpha value is -4.11. The number of fused-ring (bicyclic) bond motifs is 2. The van der Waals surface area contributed by atoms with E-state index in [1.54, 1.807) is 32.9 Å². The largest absolute Gasteiger partial charge is 0.453 e. The molecule has 3 aromatic rings. The van der Waals surface area contributed by atoms with Crippen LogP contribution >= 0.6 is 0 Å². The van der Waals surface area contributed by atoms with Crippen LogP contribution in [-0.4, -0.2) is 62.8 Å². The fourth-order valence-electron chi connectivity index (χ4n) is 4.59. The van der Waals surface area contributed by atoms with E-state index in [0.717, 1.165) is 32.5 Å². The summed E-state index contributed by atoms with van der Waals surface area (Å²) in [5.41, 5.74) is 7.93. The quantitative estimate of drug-likeness (QED) is 0.526. The van der Waals surface area contributed by atoms with Crippen molar-refractivity contribution in [2.75, 3.05) is 37.5 Å². The maximum absolute atomic E-state index is 12.3. The molecule has 12 heteroatoms. The zero-order valence-corrected chi connectivity index (χ0v) is 21.2. The number of nitrogens with zero attached hydrogens (tertiary/aromatic N) is 6. The Morgan fingerprint density at radius 2 is 1.97 bits per heavy atom. The maximum atomic E-state index is 12.3. The van der Waals surface area contributed by atoms with E-state index in [2.05, 4.69) is 26.3 Å². The molecule has 0 radical (unpaired) electrons. The molecule has 0 bridgehead atoms. The number of nitrogen functional groups attached to an aromatic ring is 1. The molecule has 1 aromatic carbocycles. The molecule has 0 spiro atoms. The predicted molar refractivity (Wildman–Crippen MR) is 136 cm³/mol. The number of anilines is 2. The Labute approximate surface area is 214 Å². The zero-order valence-electron chi connectivity index (χ0n) is 21.2. The molecule has 1 saturated heterocycles. The third kappa shape index (κ3) is 5.08. The second-order valence-corrected chi connectivity index (χ2v) is 10.1. The van der Waals surface area contributed by atoms with Crippen LogP contribution in [0.1, 0.15) is 33.6 Å². The number of hydrogen-bond acceptors (Lipinski definition) is 10. The van der Waals surface area contributed by atoms with Gasteiger partial charge in [-0.15, -0.1) is 0 Å². The zero-order chi connectivity index (χ0) is 26.2. The van der Waals surface area contributed by atoms with Crippen LogP contribution in [-0.2, 0) is 11.3 Å². The summed E-state index contributed by atoms with van der Waals surface area (Å²) in [6.07, 6.45) is 2.59. The molecular weight excluding hydrogens is 476 g/mol. The van der Waals surface area contributed by atoms with Crippen molar-refractivity contribution < 1.29 is 19.0 Å². The molecule has 0 saturated carbocycles. The Balaban J connectivity index is 1.45. The van der Waals surface area contributed by atoms with Crippen LogP contribution in [0, 0.1) is 17.2 Å². The highest BCUT2D eigenvalue weighted by atomic mass is 16.7. The van der Waals surface area contributed by atoms with Gasteiger partial charge in [-0.05, 0) is 58.8 Å². The summed E-state index contributed by atoms with van der Waals surface area (Å²) >= 11 is 0. The minimum Gasteiger partial charge on any atom is -0.453 e. The Morgan fingerprint density at radius 1 is 1.22 bits per heavy atom. The minimum absolute atomic E-state index is 0.00137. The molecular formula is C25H30N8O4. The Kier molecular flexibility index (Phi) is 6.47. The third-order valence-corrected chi connectivity index (χ3v) is 6.37. The molecule has 0 atom stereocenters. The van der Waals surface area contributed by atoms with E-state index in [4.69, 9.17) is 30.3 Å². The van der Waals surface area contributed by atoms with Crippen molar-refractivity contribution in [1.82, 2.24) is 24.6 Å². The summed E-state index contributed by atoms with van der Waals surface area (Å²) in [6.45, 7) is 8.51. The number of nitrogens with two attached hydrogens (primary N) is 1. The van der Waals surface area contributed by atoms with E-state index >= 15 is 0 Å². The number of amides is 1. The highest BCUT2D eigenvalue weighted by Gasteiger charge is 2.29. The molecule has 2 aliphatic rings. The first-order valence-electron chi connectivity index (χ1n) is 12.3.